The molecule has 1 aliphatic carbocycles. The van der Waals surface area contributed by atoms with Gasteiger partial charge < -0.3 is 14.2 Å². The van der Waals surface area contributed by atoms with E-state index in [1.807, 2.05) is 48.6 Å². The van der Waals surface area contributed by atoms with Gasteiger partial charge in [-0.25, -0.2) is 0 Å². The van der Waals surface area contributed by atoms with Gasteiger partial charge in [0.25, 0.3) is 5.97 Å². The number of hydrogen-bond acceptors (Lipinski definition) is 3. The number of methoxy groups -OCH3 is 3. The van der Waals surface area contributed by atoms with Gasteiger partial charge in [0, 0.05) is 21.3 Å². The second kappa shape index (κ2) is 6.43. The minimum atomic E-state index is -1.07. The van der Waals surface area contributed by atoms with Gasteiger partial charge in [0.1, 0.15) is 0 Å². The smallest absolute Gasteiger partial charge is 0.292 e. The lowest BCUT2D eigenvalue weighted by Gasteiger charge is -2.33. The average Bonchev–Trinajstić information content (AvgIpc) is 2.46. The molecular weight excluding hydrogens is 204 g/mol. The van der Waals surface area contributed by atoms with Gasteiger partial charge in [-0.15, -0.1) is 0 Å². The van der Waals surface area contributed by atoms with Crippen LogP contribution in [0.25, 0.3) is 0 Å². The quantitative estimate of drug-likeness (QED) is 0.684. The van der Waals surface area contributed by atoms with Gasteiger partial charge in [0.15, 0.2) is 0 Å². The maximum Gasteiger partial charge on any atom is 0.292 e. The highest BCUT2D eigenvalue weighted by Gasteiger charge is 2.36. The monoisotopic (exact) mass is 222 g/mol. The molecule has 0 aromatic heterocycles. The van der Waals surface area contributed by atoms with Crippen LogP contribution in [-0.4, -0.2) is 27.3 Å². The topological polar surface area (TPSA) is 27.7 Å². The van der Waals surface area contributed by atoms with Crippen molar-refractivity contribution in [1.29, 1.82) is 0 Å². The molecule has 0 saturated heterocycles. The second-order valence-electron chi connectivity index (χ2n) is 3.28. The molecule has 1 rings (SSSR count). The van der Waals surface area contributed by atoms with E-state index >= 15 is 0 Å². The maximum absolute atomic E-state index is 5.32. The van der Waals surface area contributed by atoms with Gasteiger partial charge in [-0.1, -0.05) is 48.6 Å². The molecule has 0 aliphatic heterocycles. The van der Waals surface area contributed by atoms with Crippen LogP contribution in [0.15, 0.2) is 48.6 Å². The van der Waals surface area contributed by atoms with E-state index in [0.29, 0.717) is 0 Å². The minimum absolute atomic E-state index is 0.111. The number of hydrogen-bond donors (Lipinski definition) is 0. The first-order chi connectivity index (χ1) is 7.79. The summed E-state index contributed by atoms with van der Waals surface area (Å²) in [6.07, 6.45) is 15.6. The predicted octanol–water partition coefficient (Wildman–Crippen LogP) is 2.43. The van der Waals surface area contributed by atoms with E-state index in [1.165, 1.54) is 0 Å². The van der Waals surface area contributed by atoms with Crippen molar-refractivity contribution in [2.75, 3.05) is 21.3 Å². The molecule has 0 atom stereocenters. The van der Waals surface area contributed by atoms with Crippen molar-refractivity contribution < 1.29 is 14.2 Å². The van der Waals surface area contributed by atoms with Gasteiger partial charge in [-0.2, -0.15) is 0 Å². The van der Waals surface area contributed by atoms with Crippen molar-refractivity contribution >= 4 is 0 Å². The molecule has 3 nitrogen and oxygen atoms in total. The third-order valence-electron chi connectivity index (χ3n) is 2.45. The zero-order chi connectivity index (χ0) is 11.9. The normalized spacial score (nSPS) is 25.2. The second-order valence-corrected chi connectivity index (χ2v) is 3.28. The first-order valence-corrected chi connectivity index (χ1v) is 5.13. The van der Waals surface area contributed by atoms with Crippen LogP contribution >= 0.6 is 0 Å². The Morgan fingerprint density at radius 2 is 1.06 bits per heavy atom. The molecule has 0 N–H and O–H groups in total. The summed E-state index contributed by atoms with van der Waals surface area (Å²) in [5, 5.41) is 0. The highest BCUT2D eigenvalue weighted by atomic mass is 16.9. The Balaban J connectivity index is 2.98. The summed E-state index contributed by atoms with van der Waals surface area (Å²) in [4.78, 5) is 0. The van der Waals surface area contributed by atoms with Crippen LogP contribution in [0.3, 0.4) is 0 Å². The van der Waals surface area contributed by atoms with E-state index in [4.69, 9.17) is 14.2 Å². The van der Waals surface area contributed by atoms with Crippen LogP contribution in [-0.2, 0) is 14.2 Å². The zero-order valence-electron chi connectivity index (χ0n) is 9.92. The van der Waals surface area contributed by atoms with Crippen molar-refractivity contribution in [2.45, 2.75) is 5.97 Å². The van der Waals surface area contributed by atoms with E-state index in [2.05, 4.69) is 0 Å². The predicted molar refractivity (Wildman–Crippen MR) is 63.8 cm³/mol. The van der Waals surface area contributed by atoms with Crippen molar-refractivity contribution in [3.05, 3.63) is 48.6 Å². The van der Waals surface area contributed by atoms with E-state index in [0.717, 1.165) is 0 Å². The first kappa shape index (κ1) is 12.9. The van der Waals surface area contributed by atoms with Gasteiger partial charge in [0.05, 0.1) is 5.92 Å². The first-order valence-electron chi connectivity index (χ1n) is 5.13. The molecule has 0 spiro atoms. The lowest BCUT2D eigenvalue weighted by Crippen LogP contribution is -2.42. The summed E-state index contributed by atoms with van der Waals surface area (Å²) in [5.74, 6) is -1.18. The molecule has 0 fully saturated rings. The largest absolute Gasteiger partial charge is 0.330 e. The molecule has 0 saturated carbocycles. The highest BCUT2D eigenvalue weighted by Crippen LogP contribution is 2.26. The van der Waals surface area contributed by atoms with Crippen LogP contribution in [0.5, 0.6) is 0 Å². The molecule has 16 heavy (non-hydrogen) atoms. The molecule has 88 valence electrons. The molecule has 0 heterocycles. The average molecular weight is 222 g/mol. The molecule has 0 bridgehead atoms. The Morgan fingerprint density at radius 1 is 0.688 bits per heavy atom. The lowest BCUT2D eigenvalue weighted by atomic mass is 10.1. The van der Waals surface area contributed by atoms with Crippen LogP contribution in [0.1, 0.15) is 0 Å². The Labute approximate surface area is 96.7 Å². The minimum Gasteiger partial charge on any atom is -0.330 e. The summed E-state index contributed by atoms with van der Waals surface area (Å²) in [7, 11) is 4.69. The fourth-order valence-electron chi connectivity index (χ4n) is 1.58. The third-order valence-corrected chi connectivity index (χ3v) is 2.45. The van der Waals surface area contributed by atoms with Crippen molar-refractivity contribution in [3.63, 3.8) is 0 Å². The van der Waals surface area contributed by atoms with Crippen LogP contribution in [0.4, 0.5) is 0 Å². The molecule has 0 radical (unpaired) electrons. The van der Waals surface area contributed by atoms with Crippen molar-refractivity contribution in [3.8, 4) is 0 Å². The lowest BCUT2D eigenvalue weighted by molar-refractivity contribution is -0.364. The SMILES string of the molecule is COC(OC)(OC)C1\C=C/C=C\C=C/C=C\1. The Kier molecular flexibility index (Phi) is 5.19. The number of rotatable bonds is 4. The molecule has 1 aliphatic rings. The summed E-state index contributed by atoms with van der Waals surface area (Å²) in [6.45, 7) is 0. The van der Waals surface area contributed by atoms with E-state index < -0.39 is 5.97 Å². The summed E-state index contributed by atoms with van der Waals surface area (Å²) in [6, 6.07) is 0. The van der Waals surface area contributed by atoms with Crippen LogP contribution in [0.2, 0.25) is 0 Å². The standard InChI is InChI=1S/C13H18O3/c1-14-13(15-2,16-3)12-10-8-6-4-5-7-9-11-12/h4-12H,1-3H3/b6-4-,7-5-,10-8-,11-9-. The molecular formula is C13H18O3. The maximum atomic E-state index is 5.32. The van der Waals surface area contributed by atoms with E-state index in [9.17, 15) is 0 Å². The van der Waals surface area contributed by atoms with E-state index in [-0.39, 0.29) is 5.92 Å². The third kappa shape index (κ3) is 2.92. The molecule has 3 heteroatoms. The Morgan fingerprint density at radius 3 is 1.44 bits per heavy atom. The molecule has 0 unspecified atom stereocenters. The number of allylic oxidation sites excluding steroid dienone is 6. The zero-order valence-corrected chi connectivity index (χ0v) is 9.92. The van der Waals surface area contributed by atoms with Gasteiger partial charge in [0.2, 0.25) is 0 Å². The van der Waals surface area contributed by atoms with Crippen molar-refractivity contribution in [2.24, 2.45) is 5.92 Å². The summed E-state index contributed by atoms with van der Waals surface area (Å²) >= 11 is 0. The van der Waals surface area contributed by atoms with Gasteiger partial charge in [-0.3, -0.25) is 0 Å². The molecule has 0 amide bonds. The Hall–Kier alpha value is -1.16. The number of ether oxygens (including phenoxy) is 3. The Bertz CT molecular complexity index is 279. The summed E-state index contributed by atoms with van der Waals surface area (Å²) < 4.78 is 16.0. The molecule has 0 aromatic rings. The fraction of sp³-hybridized carbons (Fsp3) is 0.385. The van der Waals surface area contributed by atoms with Gasteiger partial charge >= 0.3 is 0 Å². The van der Waals surface area contributed by atoms with Crippen LogP contribution in [0, 0.1) is 5.92 Å². The van der Waals surface area contributed by atoms with Crippen LogP contribution < -0.4 is 0 Å². The molecule has 0 aromatic carbocycles. The van der Waals surface area contributed by atoms with E-state index in [1.54, 1.807) is 21.3 Å². The van der Waals surface area contributed by atoms with Crippen molar-refractivity contribution in [1.82, 2.24) is 0 Å². The fourth-order valence-corrected chi connectivity index (χ4v) is 1.58. The highest BCUT2D eigenvalue weighted by molar-refractivity contribution is 5.21. The summed E-state index contributed by atoms with van der Waals surface area (Å²) in [5.41, 5.74) is 0. The van der Waals surface area contributed by atoms with Gasteiger partial charge in [-0.05, 0) is 0 Å².